The molecule has 0 aliphatic heterocycles. The van der Waals surface area contributed by atoms with Gasteiger partial charge in [0.15, 0.2) is 0 Å². The molecule has 19 heavy (non-hydrogen) atoms. The van der Waals surface area contributed by atoms with Gasteiger partial charge in [0, 0.05) is 6.04 Å². The number of likely N-dealkylation sites (N-methyl/N-ethyl adjacent to an activating group) is 1. The summed E-state index contributed by atoms with van der Waals surface area (Å²) in [5.74, 6) is -0.803. The zero-order chi connectivity index (χ0) is 13.8. The minimum absolute atomic E-state index is 0.0117. The minimum Gasteiger partial charge on any atom is -0.488 e. The number of ether oxygens (including phenoxy) is 1. The molecule has 5 heteroatoms. The van der Waals surface area contributed by atoms with Gasteiger partial charge in [-0.2, -0.15) is 0 Å². The summed E-state index contributed by atoms with van der Waals surface area (Å²) in [5, 5.41) is 3.22. The van der Waals surface area contributed by atoms with Gasteiger partial charge in [0.25, 0.3) is 5.91 Å². The number of hydrogen-bond donors (Lipinski definition) is 2. The van der Waals surface area contributed by atoms with Gasteiger partial charge in [0.05, 0.1) is 5.56 Å². The van der Waals surface area contributed by atoms with Crippen LogP contribution in [0.5, 0.6) is 5.75 Å². The lowest BCUT2D eigenvalue weighted by molar-refractivity contribution is 0.0970. The average molecular weight is 266 g/mol. The Kier molecular flexibility index (Phi) is 4.37. The highest BCUT2D eigenvalue weighted by Crippen LogP contribution is 2.26. The zero-order valence-corrected chi connectivity index (χ0v) is 11.0. The van der Waals surface area contributed by atoms with Crippen LogP contribution in [0.25, 0.3) is 0 Å². The van der Waals surface area contributed by atoms with Crippen molar-refractivity contribution in [2.24, 2.45) is 5.73 Å². The van der Waals surface area contributed by atoms with Gasteiger partial charge < -0.3 is 15.8 Å². The van der Waals surface area contributed by atoms with Crippen LogP contribution in [0.1, 0.15) is 36.0 Å². The summed E-state index contributed by atoms with van der Waals surface area (Å²) < 4.78 is 19.0. The first-order chi connectivity index (χ1) is 9.11. The summed E-state index contributed by atoms with van der Waals surface area (Å²) in [6.45, 7) is 0. The van der Waals surface area contributed by atoms with Crippen molar-refractivity contribution >= 4 is 5.91 Å². The van der Waals surface area contributed by atoms with Crippen molar-refractivity contribution in [1.82, 2.24) is 5.32 Å². The van der Waals surface area contributed by atoms with E-state index in [0.717, 1.165) is 31.7 Å². The first kappa shape index (κ1) is 13.8. The van der Waals surface area contributed by atoms with Gasteiger partial charge in [-0.25, -0.2) is 4.39 Å². The lowest BCUT2D eigenvalue weighted by atomic mass is 9.92. The van der Waals surface area contributed by atoms with E-state index in [2.05, 4.69) is 5.32 Å². The predicted molar refractivity (Wildman–Crippen MR) is 70.6 cm³/mol. The second-order valence-corrected chi connectivity index (χ2v) is 4.84. The van der Waals surface area contributed by atoms with Gasteiger partial charge in [-0.15, -0.1) is 0 Å². The van der Waals surface area contributed by atoms with Crippen molar-refractivity contribution in [3.63, 3.8) is 0 Å². The fourth-order valence-electron chi connectivity index (χ4n) is 2.53. The summed E-state index contributed by atoms with van der Waals surface area (Å²) in [6.07, 6.45) is 4.20. The van der Waals surface area contributed by atoms with Crippen LogP contribution in [0.15, 0.2) is 18.2 Å². The molecule has 1 amide bonds. The number of rotatable bonds is 4. The third-order valence-corrected chi connectivity index (χ3v) is 3.56. The molecule has 1 fully saturated rings. The van der Waals surface area contributed by atoms with Crippen molar-refractivity contribution in [2.45, 2.75) is 37.8 Å². The van der Waals surface area contributed by atoms with E-state index in [4.69, 9.17) is 10.5 Å². The number of nitrogens with one attached hydrogen (secondary N) is 1. The number of carbonyl (C=O) groups excluding carboxylic acids is 1. The molecule has 4 nitrogen and oxygen atoms in total. The highest BCUT2D eigenvalue weighted by molar-refractivity contribution is 5.95. The molecule has 2 atom stereocenters. The second-order valence-electron chi connectivity index (χ2n) is 4.84. The Bertz CT molecular complexity index is 465. The van der Waals surface area contributed by atoms with Gasteiger partial charge in [0.2, 0.25) is 0 Å². The molecule has 0 spiro atoms. The number of halogens is 1. The summed E-state index contributed by atoms with van der Waals surface area (Å²) in [5.41, 5.74) is 5.35. The van der Waals surface area contributed by atoms with Crippen LogP contribution >= 0.6 is 0 Å². The van der Waals surface area contributed by atoms with Crippen LogP contribution in [0.2, 0.25) is 0 Å². The van der Waals surface area contributed by atoms with Crippen LogP contribution in [0, 0.1) is 5.82 Å². The molecular formula is C14H19FN2O2. The molecule has 0 saturated heterocycles. The van der Waals surface area contributed by atoms with Crippen LogP contribution < -0.4 is 15.8 Å². The fraction of sp³-hybridized carbons (Fsp3) is 0.500. The van der Waals surface area contributed by atoms with Gasteiger partial charge in [0.1, 0.15) is 17.7 Å². The molecular weight excluding hydrogens is 247 g/mol. The van der Waals surface area contributed by atoms with Crippen molar-refractivity contribution in [1.29, 1.82) is 0 Å². The molecule has 2 unspecified atom stereocenters. The largest absolute Gasteiger partial charge is 0.488 e. The van der Waals surface area contributed by atoms with Crippen LogP contribution in [0.4, 0.5) is 4.39 Å². The van der Waals surface area contributed by atoms with Crippen molar-refractivity contribution in [3.8, 4) is 5.75 Å². The first-order valence-electron chi connectivity index (χ1n) is 6.55. The molecule has 0 heterocycles. The number of nitrogens with two attached hydrogens (primary N) is 1. The maximum Gasteiger partial charge on any atom is 0.252 e. The molecule has 0 bridgehead atoms. The molecule has 1 saturated carbocycles. The SMILES string of the molecule is CNC1CCCCC1Oc1ccc(F)cc1C(N)=O. The maximum atomic E-state index is 13.2. The third-order valence-electron chi connectivity index (χ3n) is 3.56. The van der Waals surface area contributed by atoms with E-state index < -0.39 is 11.7 Å². The Hall–Kier alpha value is -1.62. The Morgan fingerprint density at radius 3 is 2.84 bits per heavy atom. The zero-order valence-electron chi connectivity index (χ0n) is 11.0. The minimum atomic E-state index is -0.675. The van der Waals surface area contributed by atoms with Crippen molar-refractivity contribution in [2.75, 3.05) is 7.05 Å². The molecule has 1 aliphatic carbocycles. The molecule has 1 aromatic carbocycles. The first-order valence-corrected chi connectivity index (χ1v) is 6.55. The van der Waals surface area contributed by atoms with E-state index in [0.29, 0.717) is 5.75 Å². The highest BCUT2D eigenvalue weighted by Gasteiger charge is 2.26. The Balaban J connectivity index is 2.20. The smallest absolute Gasteiger partial charge is 0.252 e. The quantitative estimate of drug-likeness (QED) is 0.874. The number of amides is 1. The monoisotopic (exact) mass is 266 g/mol. The number of carbonyl (C=O) groups is 1. The third kappa shape index (κ3) is 3.23. The normalized spacial score (nSPS) is 23.1. The average Bonchev–Trinajstić information content (AvgIpc) is 2.41. The Labute approximate surface area is 112 Å². The number of primary amides is 1. The standard InChI is InChI=1S/C14H19FN2O2/c1-17-11-4-2-3-5-13(11)19-12-7-6-9(15)8-10(12)14(16)18/h6-8,11,13,17H,2-5H2,1H3,(H2,16,18). The lowest BCUT2D eigenvalue weighted by Gasteiger charge is -2.32. The van der Waals surface area contributed by atoms with E-state index in [9.17, 15) is 9.18 Å². The van der Waals surface area contributed by atoms with Gasteiger partial charge in [-0.05, 0) is 44.5 Å². The predicted octanol–water partition coefficient (Wildman–Crippen LogP) is 1.83. The van der Waals surface area contributed by atoms with Gasteiger partial charge in [-0.1, -0.05) is 6.42 Å². The van der Waals surface area contributed by atoms with Gasteiger partial charge in [-0.3, -0.25) is 4.79 Å². The molecule has 0 radical (unpaired) electrons. The van der Waals surface area contributed by atoms with E-state index >= 15 is 0 Å². The molecule has 2 rings (SSSR count). The topological polar surface area (TPSA) is 64.3 Å². The maximum absolute atomic E-state index is 13.2. The molecule has 104 valence electrons. The van der Waals surface area contributed by atoms with Crippen LogP contribution in [-0.2, 0) is 0 Å². The van der Waals surface area contributed by atoms with E-state index in [1.54, 1.807) is 0 Å². The summed E-state index contributed by atoms with van der Waals surface area (Å²) >= 11 is 0. The fourth-order valence-corrected chi connectivity index (χ4v) is 2.53. The highest BCUT2D eigenvalue weighted by atomic mass is 19.1. The number of benzene rings is 1. The number of hydrogen-bond acceptors (Lipinski definition) is 3. The van der Waals surface area contributed by atoms with E-state index in [1.807, 2.05) is 7.05 Å². The summed E-state index contributed by atoms with van der Waals surface area (Å²) in [7, 11) is 1.89. The second kappa shape index (κ2) is 6.02. The summed E-state index contributed by atoms with van der Waals surface area (Å²) in [4.78, 5) is 11.3. The van der Waals surface area contributed by atoms with Gasteiger partial charge >= 0.3 is 0 Å². The van der Waals surface area contributed by atoms with E-state index in [-0.39, 0.29) is 17.7 Å². The van der Waals surface area contributed by atoms with Crippen molar-refractivity contribution < 1.29 is 13.9 Å². The van der Waals surface area contributed by atoms with Crippen molar-refractivity contribution in [3.05, 3.63) is 29.6 Å². The Morgan fingerprint density at radius 1 is 1.42 bits per heavy atom. The van der Waals surface area contributed by atoms with Crippen LogP contribution in [0.3, 0.4) is 0 Å². The Morgan fingerprint density at radius 2 is 2.16 bits per heavy atom. The van der Waals surface area contributed by atoms with Crippen LogP contribution in [-0.4, -0.2) is 25.1 Å². The lowest BCUT2D eigenvalue weighted by Crippen LogP contribution is -2.43. The molecule has 3 N–H and O–H groups in total. The molecule has 0 aromatic heterocycles. The molecule has 1 aromatic rings. The van der Waals surface area contributed by atoms with E-state index in [1.165, 1.54) is 12.1 Å². The summed E-state index contributed by atoms with van der Waals surface area (Å²) in [6, 6.07) is 4.12. The molecule has 1 aliphatic rings.